The molecule has 2 aromatic carbocycles. The molecule has 0 heterocycles. The maximum atomic E-state index is 12.6. The number of nitrogens with one attached hydrogen (secondary N) is 1. The van der Waals surface area contributed by atoms with Crippen molar-refractivity contribution in [3.8, 4) is 0 Å². The van der Waals surface area contributed by atoms with Crippen LogP contribution in [-0.2, 0) is 9.84 Å². The molecule has 0 unspecified atom stereocenters. The molecular weight excluding hydrogens is 374 g/mol. The van der Waals surface area contributed by atoms with Crippen molar-refractivity contribution < 1.29 is 13.2 Å². The minimum Gasteiger partial charge on any atom is -0.373 e. The van der Waals surface area contributed by atoms with Crippen LogP contribution in [0.1, 0.15) is 13.8 Å². The number of rotatable bonds is 9. The van der Waals surface area contributed by atoms with Gasteiger partial charge in [-0.3, -0.25) is 0 Å². The van der Waals surface area contributed by atoms with E-state index in [9.17, 15) is 13.2 Å². The highest BCUT2D eigenvalue weighted by Gasteiger charge is 2.21. The number of urea groups is 1. The molecule has 1 N–H and O–H groups in total. The van der Waals surface area contributed by atoms with Gasteiger partial charge in [-0.25, -0.2) is 13.2 Å². The third-order valence-corrected chi connectivity index (χ3v) is 6.22. The molecule has 0 saturated carbocycles. The van der Waals surface area contributed by atoms with E-state index in [2.05, 4.69) is 10.2 Å². The predicted octanol–water partition coefficient (Wildman–Crippen LogP) is 3.02. The highest BCUT2D eigenvalue weighted by Crippen LogP contribution is 2.12. The molecular formula is C21H29N3O3S. The summed E-state index contributed by atoms with van der Waals surface area (Å²) in [5.74, 6) is -0.105. The number of sulfone groups is 1. The van der Waals surface area contributed by atoms with Crippen molar-refractivity contribution in [2.45, 2.75) is 24.8 Å². The monoisotopic (exact) mass is 403 g/mol. The first-order valence-corrected chi connectivity index (χ1v) is 11.0. The second-order valence-electron chi connectivity index (χ2n) is 6.91. The van der Waals surface area contributed by atoms with Crippen LogP contribution < -0.4 is 10.2 Å². The molecule has 0 aliphatic rings. The van der Waals surface area contributed by atoms with E-state index >= 15 is 0 Å². The van der Waals surface area contributed by atoms with Crippen LogP contribution in [-0.4, -0.2) is 57.8 Å². The van der Waals surface area contributed by atoms with Gasteiger partial charge in [0.05, 0.1) is 10.6 Å². The fraction of sp³-hybridized carbons (Fsp3) is 0.381. The quantitative estimate of drug-likeness (QED) is 0.699. The van der Waals surface area contributed by atoms with E-state index in [1.165, 1.54) is 0 Å². The Kier molecular flexibility index (Phi) is 7.87. The summed E-state index contributed by atoms with van der Waals surface area (Å²) in [4.78, 5) is 16.5. The SMILES string of the molecule is CC(C)N(CCS(=O)(=O)c1ccccc1)C(=O)NCCN(C)c1ccccc1. The molecule has 152 valence electrons. The van der Waals surface area contributed by atoms with Gasteiger partial charge in [-0.1, -0.05) is 36.4 Å². The van der Waals surface area contributed by atoms with Crippen molar-refractivity contribution in [2.24, 2.45) is 0 Å². The summed E-state index contributed by atoms with van der Waals surface area (Å²) in [7, 11) is -1.46. The summed E-state index contributed by atoms with van der Waals surface area (Å²) in [5.41, 5.74) is 1.08. The number of anilines is 1. The second-order valence-corrected chi connectivity index (χ2v) is 9.02. The van der Waals surface area contributed by atoms with Crippen LogP contribution in [0.15, 0.2) is 65.6 Å². The third-order valence-electron chi connectivity index (χ3n) is 4.51. The molecule has 0 saturated heterocycles. The Labute approximate surface area is 168 Å². The normalized spacial score (nSPS) is 11.3. The van der Waals surface area contributed by atoms with E-state index in [0.29, 0.717) is 13.1 Å². The standard InChI is InChI=1S/C21H29N3O3S/c1-18(2)24(16-17-28(26,27)20-12-8-5-9-13-20)21(25)22-14-15-23(3)19-10-6-4-7-11-19/h4-13,18H,14-17H2,1-3H3,(H,22,25). The molecule has 0 fully saturated rings. The van der Waals surface area contributed by atoms with Crippen LogP contribution >= 0.6 is 0 Å². The molecule has 0 spiro atoms. The van der Waals surface area contributed by atoms with Crippen LogP contribution in [0.5, 0.6) is 0 Å². The van der Waals surface area contributed by atoms with Gasteiger partial charge in [-0.15, -0.1) is 0 Å². The van der Waals surface area contributed by atoms with E-state index in [-0.39, 0.29) is 29.3 Å². The lowest BCUT2D eigenvalue weighted by Gasteiger charge is -2.27. The largest absolute Gasteiger partial charge is 0.373 e. The topological polar surface area (TPSA) is 69.7 Å². The van der Waals surface area contributed by atoms with E-state index in [0.717, 1.165) is 5.69 Å². The van der Waals surface area contributed by atoms with Crippen molar-refractivity contribution in [3.05, 3.63) is 60.7 Å². The highest BCUT2D eigenvalue weighted by molar-refractivity contribution is 7.91. The van der Waals surface area contributed by atoms with Crippen LogP contribution in [0, 0.1) is 0 Å². The van der Waals surface area contributed by atoms with Gasteiger partial charge in [0, 0.05) is 38.4 Å². The molecule has 0 aromatic heterocycles. The molecule has 2 rings (SSSR count). The van der Waals surface area contributed by atoms with Gasteiger partial charge in [-0.05, 0) is 38.1 Å². The van der Waals surface area contributed by atoms with Gasteiger partial charge in [-0.2, -0.15) is 0 Å². The number of carbonyl (C=O) groups is 1. The highest BCUT2D eigenvalue weighted by atomic mass is 32.2. The lowest BCUT2D eigenvalue weighted by atomic mass is 10.3. The molecule has 2 amide bonds. The molecule has 0 aliphatic heterocycles. The lowest BCUT2D eigenvalue weighted by Crippen LogP contribution is -2.47. The molecule has 2 aromatic rings. The average molecular weight is 404 g/mol. The van der Waals surface area contributed by atoms with Crippen LogP contribution in [0.4, 0.5) is 10.5 Å². The maximum absolute atomic E-state index is 12.6. The number of para-hydroxylation sites is 1. The Hall–Kier alpha value is -2.54. The van der Waals surface area contributed by atoms with Crippen molar-refractivity contribution in [1.29, 1.82) is 0 Å². The summed E-state index contributed by atoms with van der Waals surface area (Å²) in [6.07, 6.45) is 0. The average Bonchev–Trinajstić information content (AvgIpc) is 2.69. The van der Waals surface area contributed by atoms with Crippen molar-refractivity contribution in [1.82, 2.24) is 10.2 Å². The van der Waals surface area contributed by atoms with Gasteiger partial charge >= 0.3 is 6.03 Å². The number of likely N-dealkylation sites (N-methyl/N-ethyl adjacent to an activating group) is 1. The van der Waals surface area contributed by atoms with Crippen LogP contribution in [0.3, 0.4) is 0 Å². The Morgan fingerprint density at radius 1 is 0.964 bits per heavy atom. The fourth-order valence-corrected chi connectivity index (χ4v) is 4.05. The second kappa shape index (κ2) is 10.1. The molecule has 28 heavy (non-hydrogen) atoms. The van der Waals surface area contributed by atoms with Crippen LogP contribution in [0.2, 0.25) is 0 Å². The maximum Gasteiger partial charge on any atom is 0.317 e. The zero-order valence-corrected chi connectivity index (χ0v) is 17.5. The number of hydrogen-bond donors (Lipinski definition) is 1. The van der Waals surface area contributed by atoms with Gasteiger partial charge < -0.3 is 15.1 Å². The first-order chi connectivity index (χ1) is 13.3. The van der Waals surface area contributed by atoms with Gasteiger partial charge in [0.15, 0.2) is 9.84 Å². The molecule has 0 bridgehead atoms. The molecule has 0 radical (unpaired) electrons. The zero-order chi connectivity index (χ0) is 20.6. The Balaban J connectivity index is 1.88. The lowest BCUT2D eigenvalue weighted by molar-refractivity contribution is 0.187. The Morgan fingerprint density at radius 3 is 2.11 bits per heavy atom. The van der Waals surface area contributed by atoms with Gasteiger partial charge in [0.25, 0.3) is 0 Å². The predicted molar refractivity (Wildman–Crippen MR) is 113 cm³/mol. The zero-order valence-electron chi connectivity index (χ0n) is 16.7. The van der Waals surface area contributed by atoms with E-state index in [4.69, 9.17) is 0 Å². The number of benzene rings is 2. The summed E-state index contributed by atoms with van der Waals surface area (Å²) < 4.78 is 25.0. The van der Waals surface area contributed by atoms with E-state index in [1.54, 1.807) is 35.2 Å². The summed E-state index contributed by atoms with van der Waals surface area (Å²) >= 11 is 0. The Bertz CT molecular complexity index is 840. The van der Waals surface area contributed by atoms with Crippen molar-refractivity contribution >= 4 is 21.6 Å². The third kappa shape index (κ3) is 6.27. The Morgan fingerprint density at radius 2 is 1.54 bits per heavy atom. The summed E-state index contributed by atoms with van der Waals surface area (Å²) in [6.45, 7) is 5.04. The number of hydrogen-bond acceptors (Lipinski definition) is 4. The summed E-state index contributed by atoms with van der Waals surface area (Å²) in [6, 6.07) is 17.9. The van der Waals surface area contributed by atoms with Crippen molar-refractivity contribution in [3.63, 3.8) is 0 Å². The van der Waals surface area contributed by atoms with Crippen molar-refractivity contribution in [2.75, 3.05) is 37.3 Å². The minimum atomic E-state index is -3.42. The number of amides is 2. The molecule has 6 nitrogen and oxygen atoms in total. The smallest absolute Gasteiger partial charge is 0.317 e. The first-order valence-electron chi connectivity index (χ1n) is 9.39. The van der Waals surface area contributed by atoms with Gasteiger partial charge in [0.2, 0.25) is 0 Å². The van der Waals surface area contributed by atoms with Crippen LogP contribution in [0.25, 0.3) is 0 Å². The number of nitrogens with zero attached hydrogens (tertiary/aromatic N) is 2. The summed E-state index contributed by atoms with van der Waals surface area (Å²) in [5, 5.41) is 2.89. The van der Waals surface area contributed by atoms with Gasteiger partial charge in [0.1, 0.15) is 0 Å². The van der Waals surface area contributed by atoms with E-state index in [1.807, 2.05) is 51.2 Å². The molecule has 7 heteroatoms. The molecule has 0 aliphatic carbocycles. The minimum absolute atomic E-state index is 0.0992. The first kappa shape index (κ1) is 21.8. The van der Waals surface area contributed by atoms with E-state index < -0.39 is 9.84 Å². The number of carbonyl (C=O) groups excluding carboxylic acids is 1. The molecule has 0 atom stereocenters. The fourth-order valence-electron chi connectivity index (χ4n) is 2.80.